The van der Waals surface area contributed by atoms with E-state index in [2.05, 4.69) is 26.6 Å². The first-order valence-corrected chi connectivity index (χ1v) is 22.9. The second-order valence-electron chi connectivity index (χ2n) is 15.2. The number of aliphatic hydroxyl groups excluding tert-OH is 1. The molecule has 3 atom stereocenters. The molecule has 0 saturated carbocycles. The molecule has 3 unspecified atom stereocenters. The summed E-state index contributed by atoms with van der Waals surface area (Å²) in [7, 11) is 0. The van der Waals surface area contributed by atoms with Gasteiger partial charge in [0.15, 0.2) is 17.3 Å². The second kappa shape index (κ2) is 24.1. The number of nitrogens with zero attached hydrogens (tertiary/aromatic N) is 2. The van der Waals surface area contributed by atoms with E-state index in [0.29, 0.717) is 115 Å². The molecule has 6 rings (SSSR count). The number of aliphatic hydroxyl groups is 1. The number of ether oxygens (including phenoxy) is 5. The van der Waals surface area contributed by atoms with Gasteiger partial charge in [-0.25, -0.2) is 4.79 Å². The van der Waals surface area contributed by atoms with Gasteiger partial charge >= 0.3 is 6.03 Å². The third-order valence-corrected chi connectivity index (χ3v) is 12.2. The number of nitrogens with one attached hydrogen (secondary N) is 5. The highest BCUT2D eigenvalue weighted by atomic mass is 32.2. The standard InChI is InChI=1S/C44H63N7O9S/c1-3-58-32-12-9-11-31(27-32)47-43-34-25-30-26-36(59-4-2)37(60-20-10-19-52)28-33(30)42(34)51(50-43)18-22-57-24-23-56-21-17-46-40(54)15-7-8-16-45-39(53)14-6-5-13-38-41-35(29-61-38)48-44(55)49-41/h9,11-12,26-28,35,38,41,52H,3-8,10,13-25,29H2,1-2H3,(H,45,53)(H,46,54)(H,47,50)(H2,48,49,55). The van der Waals surface area contributed by atoms with Crippen molar-refractivity contribution in [1.29, 1.82) is 0 Å². The lowest BCUT2D eigenvalue weighted by atomic mass is 10.0. The Morgan fingerprint density at radius 2 is 1.64 bits per heavy atom. The molecule has 1 aromatic heterocycles. The lowest BCUT2D eigenvalue weighted by Gasteiger charge is -2.16. The Bertz CT molecular complexity index is 1900. The normalized spacial score (nSPS) is 17.2. The maximum Gasteiger partial charge on any atom is 0.315 e. The van der Waals surface area contributed by atoms with Crippen molar-refractivity contribution in [3.05, 3.63) is 47.5 Å². The van der Waals surface area contributed by atoms with E-state index in [4.69, 9.17) is 28.8 Å². The highest BCUT2D eigenvalue weighted by Gasteiger charge is 2.42. The Morgan fingerprint density at radius 3 is 2.44 bits per heavy atom. The molecule has 2 fully saturated rings. The minimum Gasteiger partial charge on any atom is -0.494 e. The number of aromatic nitrogens is 2. The molecule has 334 valence electrons. The van der Waals surface area contributed by atoms with Crippen LogP contribution in [0.5, 0.6) is 17.2 Å². The zero-order valence-electron chi connectivity index (χ0n) is 35.6. The minimum atomic E-state index is -0.0700. The zero-order valence-corrected chi connectivity index (χ0v) is 36.4. The van der Waals surface area contributed by atoms with Crippen molar-refractivity contribution in [3.8, 4) is 28.5 Å². The van der Waals surface area contributed by atoms with Gasteiger partial charge in [0, 0.05) is 79.3 Å². The first kappa shape index (κ1) is 45.8. The smallest absolute Gasteiger partial charge is 0.315 e. The molecule has 61 heavy (non-hydrogen) atoms. The molecule has 4 amide bonds. The van der Waals surface area contributed by atoms with Gasteiger partial charge in [0.25, 0.3) is 0 Å². The van der Waals surface area contributed by atoms with Gasteiger partial charge in [-0.05, 0) is 69.4 Å². The molecule has 2 saturated heterocycles. The molecule has 1 aliphatic carbocycles. The van der Waals surface area contributed by atoms with Crippen LogP contribution in [0.2, 0.25) is 0 Å². The number of fused-ring (bicyclic) bond motifs is 4. The first-order chi connectivity index (χ1) is 29.9. The number of carbonyl (C=O) groups excluding carboxylic acids is 3. The Morgan fingerprint density at radius 1 is 0.869 bits per heavy atom. The average molecular weight is 866 g/mol. The van der Waals surface area contributed by atoms with Crippen molar-refractivity contribution in [2.75, 3.05) is 77.0 Å². The minimum absolute atomic E-state index is 0.0333. The number of unbranched alkanes of at least 4 members (excludes halogenated alkanes) is 2. The number of hydrogen-bond acceptors (Lipinski definition) is 12. The van der Waals surface area contributed by atoms with Crippen LogP contribution < -0.4 is 40.8 Å². The van der Waals surface area contributed by atoms with Crippen LogP contribution in [0.25, 0.3) is 11.3 Å². The van der Waals surface area contributed by atoms with Gasteiger partial charge in [-0.3, -0.25) is 14.3 Å². The van der Waals surface area contributed by atoms with Crippen LogP contribution in [0.3, 0.4) is 0 Å². The molecule has 3 aromatic rings. The quantitative estimate of drug-likeness (QED) is 0.0319. The summed E-state index contributed by atoms with van der Waals surface area (Å²) < 4.78 is 31.4. The van der Waals surface area contributed by atoms with E-state index in [-0.39, 0.29) is 36.5 Å². The van der Waals surface area contributed by atoms with Crippen molar-refractivity contribution in [1.82, 2.24) is 31.0 Å². The van der Waals surface area contributed by atoms with Crippen molar-refractivity contribution < 1.29 is 43.2 Å². The van der Waals surface area contributed by atoms with Gasteiger partial charge < -0.3 is 55.4 Å². The van der Waals surface area contributed by atoms with E-state index in [1.165, 1.54) is 0 Å². The Labute approximate surface area is 362 Å². The van der Waals surface area contributed by atoms with Crippen molar-refractivity contribution in [3.63, 3.8) is 0 Å². The number of thioether (sulfide) groups is 1. The Balaban J connectivity index is 0.861. The lowest BCUT2D eigenvalue weighted by Crippen LogP contribution is -2.36. The average Bonchev–Trinajstić information content (AvgIpc) is 4.00. The fourth-order valence-corrected chi connectivity index (χ4v) is 9.35. The van der Waals surface area contributed by atoms with Crippen LogP contribution in [0, 0.1) is 0 Å². The van der Waals surface area contributed by atoms with E-state index in [1.54, 1.807) is 0 Å². The number of amides is 4. The number of carbonyl (C=O) groups is 3. The highest BCUT2D eigenvalue weighted by Crippen LogP contribution is 2.46. The summed E-state index contributed by atoms with van der Waals surface area (Å²) in [6.45, 7) is 8.48. The summed E-state index contributed by atoms with van der Waals surface area (Å²) in [5, 5.41) is 30.1. The van der Waals surface area contributed by atoms with Gasteiger partial charge in [0.1, 0.15) is 5.75 Å². The van der Waals surface area contributed by atoms with Gasteiger partial charge in [-0.15, -0.1) is 0 Å². The summed E-state index contributed by atoms with van der Waals surface area (Å²) >= 11 is 1.89. The third kappa shape index (κ3) is 13.4. The third-order valence-electron chi connectivity index (χ3n) is 10.7. The molecular formula is C44H63N7O9S. The van der Waals surface area contributed by atoms with Crippen LogP contribution in [-0.2, 0) is 32.0 Å². The Hall–Kier alpha value is -4.71. The monoisotopic (exact) mass is 865 g/mol. The lowest BCUT2D eigenvalue weighted by molar-refractivity contribution is -0.121. The number of hydrogen-bond donors (Lipinski definition) is 6. The number of anilines is 2. The van der Waals surface area contributed by atoms with Crippen LogP contribution in [0.1, 0.15) is 76.3 Å². The van der Waals surface area contributed by atoms with E-state index < -0.39 is 0 Å². The molecule has 0 spiro atoms. The molecule has 6 N–H and O–H groups in total. The molecule has 3 aliphatic rings. The predicted molar refractivity (Wildman–Crippen MR) is 235 cm³/mol. The largest absolute Gasteiger partial charge is 0.494 e. The number of benzene rings is 2. The van der Waals surface area contributed by atoms with Crippen LogP contribution in [0.4, 0.5) is 16.3 Å². The maximum atomic E-state index is 12.3. The second-order valence-corrected chi connectivity index (χ2v) is 16.5. The summed E-state index contributed by atoms with van der Waals surface area (Å²) in [4.78, 5) is 36.1. The van der Waals surface area contributed by atoms with E-state index in [0.717, 1.165) is 71.1 Å². The number of urea groups is 1. The first-order valence-electron chi connectivity index (χ1n) is 21.9. The van der Waals surface area contributed by atoms with Gasteiger partial charge in [0.2, 0.25) is 11.8 Å². The van der Waals surface area contributed by atoms with Crippen LogP contribution in [-0.4, -0.2) is 122 Å². The topological polar surface area (TPSA) is 196 Å². The Kier molecular flexibility index (Phi) is 18.1. The maximum absolute atomic E-state index is 12.3. The van der Waals surface area contributed by atoms with E-state index >= 15 is 0 Å². The zero-order chi connectivity index (χ0) is 42.8. The summed E-state index contributed by atoms with van der Waals surface area (Å²) in [5.41, 5.74) is 5.07. The van der Waals surface area contributed by atoms with Crippen LogP contribution in [0.15, 0.2) is 36.4 Å². The summed E-state index contributed by atoms with van der Waals surface area (Å²) in [5.74, 6) is 3.81. The highest BCUT2D eigenvalue weighted by molar-refractivity contribution is 8.00. The van der Waals surface area contributed by atoms with Crippen molar-refractivity contribution >= 4 is 41.1 Å². The number of rotatable bonds is 29. The molecule has 17 heteroatoms. The van der Waals surface area contributed by atoms with E-state index in [1.807, 2.05) is 66.7 Å². The summed E-state index contributed by atoms with van der Waals surface area (Å²) in [6.07, 6.45) is 6.30. The van der Waals surface area contributed by atoms with Gasteiger partial charge in [-0.1, -0.05) is 12.5 Å². The van der Waals surface area contributed by atoms with Gasteiger partial charge in [-0.2, -0.15) is 16.9 Å². The predicted octanol–water partition coefficient (Wildman–Crippen LogP) is 4.92. The molecule has 0 radical (unpaired) electrons. The fourth-order valence-electron chi connectivity index (χ4n) is 7.81. The molecule has 16 nitrogen and oxygen atoms in total. The molecule has 2 aromatic carbocycles. The van der Waals surface area contributed by atoms with Crippen LogP contribution >= 0.6 is 11.8 Å². The van der Waals surface area contributed by atoms with Crippen molar-refractivity contribution in [2.45, 2.75) is 95.5 Å². The van der Waals surface area contributed by atoms with Crippen molar-refractivity contribution in [2.24, 2.45) is 0 Å². The fraction of sp³-hybridized carbons (Fsp3) is 0.591. The molecule has 2 aliphatic heterocycles. The summed E-state index contributed by atoms with van der Waals surface area (Å²) in [6, 6.07) is 12.3. The molecule has 0 bridgehead atoms. The molecular weight excluding hydrogens is 803 g/mol. The van der Waals surface area contributed by atoms with Gasteiger partial charge in [0.05, 0.1) is 70.6 Å². The molecule has 3 heterocycles. The van der Waals surface area contributed by atoms with E-state index in [9.17, 15) is 19.5 Å². The SMILES string of the molecule is CCOc1cccc(Nc2nn(CCOCCOCCNC(=O)CCCCNC(=O)CCCCC3SCC4NC(=O)NC43)c3c2Cc2cc(OCC)c(OCCCO)cc2-3)c1.